The summed E-state index contributed by atoms with van der Waals surface area (Å²) >= 11 is 0. The van der Waals surface area contributed by atoms with Gasteiger partial charge in [-0.2, -0.15) is 0 Å². The van der Waals surface area contributed by atoms with E-state index in [-0.39, 0.29) is 23.8 Å². The number of amides is 1. The first-order chi connectivity index (χ1) is 14.0. The lowest BCUT2D eigenvalue weighted by Gasteiger charge is -2.17. The maximum atomic E-state index is 12.8. The molecule has 4 rings (SSSR count). The molecule has 1 amide bonds. The first-order valence-corrected chi connectivity index (χ1v) is 9.79. The summed E-state index contributed by atoms with van der Waals surface area (Å²) in [6.45, 7) is 5.61. The van der Waals surface area contributed by atoms with Gasteiger partial charge in [-0.25, -0.2) is 4.98 Å². The molecule has 29 heavy (non-hydrogen) atoms. The summed E-state index contributed by atoms with van der Waals surface area (Å²) in [5, 5.41) is 4.29. The predicted octanol–water partition coefficient (Wildman–Crippen LogP) is 3.11. The van der Waals surface area contributed by atoms with Gasteiger partial charge < -0.3 is 14.5 Å². The van der Waals surface area contributed by atoms with Gasteiger partial charge in [0.2, 0.25) is 5.91 Å². The standard InChI is InChI=1S/C23H24N4O2/c1-16(14-26-12-11-24-17(26)2)13-25-22(28)15-27-20-9-5-3-7-18(20)23(29)19-8-4-6-10-21(19)27/h3-12,16H,13-15H2,1-2H3,(H,25,28)/t16-/m1/s1. The maximum absolute atomic E-state index is 12.8. The first-order valence-electron chi connectivity index (χ1n) is 9.79. The average Bonchev–Trinajstić information content (AvgIpc) is 3.14. The van der Waals surface area contributed by atoms with Crippen molar-refractivity contribution in [1.82, 2.24) is 19.4 Å². The van der Waals surface area contributed by atoms with Gasteiger partial charge in [0.1, 0.15) is 12.4 Å². The molecule has 4 aromatic rings. The number of aryl methyl sites for hydroxylation is 1. The zero-order valence-corrected chi connectivity index (χ0v) is 16.6. The molecule has 148 valence electrons. The number of nitrogens with zero attached hydrogens (tertiary/aromatic N) is 3. The third kappa shape index (κ3) is 3.78. The van der Waals surface area contributed by atoms with Crippen molar-refractivity contribution in [2.75, 3.05) is 6.54 Å². The number of aromatic nitrogens is 3. The van der Waals surface area contributed by atoms with Crippen LogP contribution in [0.4, 0.5) is 0 Å². The highest BCUT2D eigenvalue weighted by molar-refractivity contribution is 5.94. The van der Waals surface area contributed by atoms with Gasteiger partial charge in [0.05, 0.1) is 11.0 Å². The van der Waals surface area contributed by atoms with Crippen molar-refractivity contribution < 1.29 is 4.79 Å². The van der Waals surface area contributed by atoms with E-state index in [0.717, 1.165) is 23.4 Å². The Morgan fingerprint density at radius 1 is 1.07 bits per heavy atom. The van der Waals surface area contributed by atoms with Crippen molar-refractivity contribution in [2.45, 2.75) is 26.9 Å². The smallest absolute Gasteiger partial charge is 0.239 e. The summed E-state index contributed by atoms with van der Waals surface area (Å²) in [6.07, 6.45) is 3.74. The first kappa shape index (κ1) is 18.9. The lowest BCUT2D eigenvalue weighted by Crippen LogP contribution is -2.33. The molecule has 0 saturated carbocycles. The highest BCUT2D eigenvalue weighted by atomic mass is 16.2. The van der Waals surface area contributed by atoms with Crippen LogP contribution >= 0.6 is 0 Å². The lowest BCUT2D eigenvalue weighted by atomic mass is 10.1. The zero-order chi connectivity index (χ0) is 20.4. The van der Waals surface area contributed by atoms with E-state index in [9.17, 15) is 9.59 Å². The molecule has 0 unspecified atom stereocenters. The van der Waals surface area contributed by atoms with E-state index in [2.05, 4.69) is 21.8 Å². The number of carbonyl (C=O) groups is 1. The summed E-state index contributed by atoms with van der Waals surface area (Å²) in [7, 11) is 0. The van der Waals surface area contributed by atoms with Crippen LogP contribution in [0, 0.1) is 12.8 Å². The third-order valence-corrected chi connectivity index (χ3v) is 5.26. The van der Waals surface area contributed by atoms with Crippen LogP contribution in [-0.2, 0) is 17.9 Å². The number of hydrogen-bond acceptors (Lipinski definition) is 3. The molecule has 0 spiro atoms. The molecular formula is C23H24N4O2. The molecule has 1 N–H and O–H groups in total. The molecule has 6 heteroatoms. The molecule has 0 radical (unpaired) electrons. The molecule has 2 heterocycles. The van der Waals surface area contributed by atoms with Crippen LogP contribution < -0.4 is 10.7 Å². The number of hydrogen-bond donors (Lipinski definition) is 1. The predicted molar refractivity (Wildman–Crippen MR) is 115 cm³/mol. The number of para-hydroxylation sites is 2. The minimum atomic E-state index is -0.0711. The zero-order valence-electron chi connectivity index (χ0n) is 16.6. The fourth-order valence-electron chi connectivity index (χ4n) is 3.73. The van der Waals surface area contributed by atoms with E-state index in [1.54, 1.807) is 6.20 Å². The molecule has 6 nitrogen and oxygen atoms in total. The number of nitrogens with one attached hydrogen (secondary N) is 1. The van der Waals surface area contributed by atoms with E-state index in [1.165, 1.54) is 0 Å². The Morgan fingerprint density at radius 3 is 2.28 bits per heavy atom. The van der Waals surface area contributed by atoms with Crippen LogP contribution in [0.15, 0.2) is 65.7 Å². The molecule has 1 atom stereocenters. The van der Waals surface area contributed by atoms with E-state index in [0.29, 0.717) is 17.3 Å². The number of pyridine rings is 1. The molecule has 0 aliphatic heterocycles. The van der Waals surface area contributed by atoms with Gasteiger partial charge in [0.15, 0.2) is 5.43 Å². The summed E-state index contributed by atoms with van der Waals surface area (Å²) in [6, 6.07) is 14.9. The number of imidazole rings is 1. The number of carbonyl (C=O) groups excluding carboxylic acids is 1. The van der Waals surface area contributed by atoms with E-state index >= 15 is 0 Å². The molecule has 0 aliphatic rings. The quantitative estimate of drug-likeness (QED) is 0.516. The summed E-state index contributed by atoms with van der Waals surface area (Å²) in [5.74, 6) is 1.17. The average molecular weight is 388 g/mol. The highest BCUT2D eigenvalue weighted by Crippen LogP contribution is 2.19. The Hall–Kier alpha value is -3.41. The van der Waals surface area contributed by atoms with Crippen molar-refractivity contribution >= 4 is 27.7 Å². The molecular weight excluding hydrogens is 364 g/mol. The van der Waals surface area contributed by atoms with Gasteiger partial charge >= 0.3 is 0 Å². The molecule has 2 aromatic carbocycles. The van der Waals surface area contributed by atoms with Gasteiger partial charge in [-0.1, -0.05) is 31.2 Å². The summed E-state index contributed by atoms with van der Waals surface area (Å²) < 4.78 is 4.01. The summed E-state index contributed by atoms with van der Waals surface area (Å²) in [5.41, 5.74) is 1.54. The van der Waals surface area contributed by atoms with Crippen LogP contribution in [0.1, 0.15) is 12.7 Å². The highest BCUT2D eigenvalue weighted by Gasteiger charge is 2.13. The van der Waals surface area contributed by atoms with Crippen molar-refractivity contribution in [3.8, 4) is 0 Å². The van der Waals surface area contributed by atoms with Crippen LogP contribution in [0.3, 0.4) is 0 Å². The largest absolute Gasteiger partial charge is 0.354 e. The second-order valence-electron chi connectivity index (χ2n) is 7.49. The van der Waals surface area contributed by atoms with Crippen molar-refractivity contribution in [1.29, 1.82) is 0 Å². The normalized spacial score (nSPS) is 12.3. The molecule has 0 saturated heterocycles. The minimum absolute atomic E-state index is 0.00261. The molecule has 0 aliphatic carbocycles. The van der Waals surface area contributed by atoms with Crippen LogP contribution in [0.2, 0.25) is 0 Å². The van der Waals surface area contributed by atoms with Gasteiger partial charge in [-0.15, -0.1) is 0 Å². The summed E-state index contributed by atoms with van der Waals surface area (Å²) in [4.78, 5) is 29.8. The Bertz CT molecular complexity index is 1180. The topological polar surface area (TPSA) is 68.9 Å². The van der Waals surface area contributed by atoms with Gasteiger partial charge in [-0.3, -0.25) is 9.59 Å². The number of rotatable bonds is 6. The second-order valence-corrected chi connectivity index (χ2v) is 7.49. The lowest BCUT2D eigenvalue weighted by molar-refractivity contribution is -0.121. The SMILES string of the molecule is Cc1nccn1C[C@H](C)CNC(=O)Cn1c2ccccc2c(=O)c2ccccc21. The monoisotopic (exact) mass is 388 g/mol. The van der Waals surface area contributed by atoms with E-state index < -0.39 is 0 Å². The Morgan fingerprint density at radius 2 is 1.69 bits per heavy atom. The van der Waals surface area contributed by atoms with Gasteiger partial charge in [-0.05, 0) is 37.1 Å². The van der Waals surface area contributed by atoms with Gasteiger partial charge in [0.25, 0.3) is 0 Å². The van der Waals surface area contributed by atoms with Crippen molar-refractivity contribution in [3.05, 3.63) is 77.0 Å². The Kier molecular flexibility index (Phi) is 5.16. The van der Waals surface area contributed by atoms with Gasteiger partial charge in [0, 0.05) is 36.3 Å². The molecule has 0 fully saturated rings. The second kappa shape index (κ2) is 7.91. The van der Waals surface area contributed by atoms with Crippen LogP contribution in [-0.4, -0.2) is 26.6 Å². The molecule has 2 aromatic heterocycles. The van der Waals surface area contributed by atoms with Crippen LogP contribution in [0.5, 0.6) is 0 Å². The van der Waals surface area contributed by atoms with Crippen LogP contribution in [0.25, 0.3) is 21.8 Å². The maximum Gasteiger partial charge on any atom is 0.239 e. The van der Waals surface area contributed by atoms with E-state index in [1.807, 2.05) is 66.2 Å². The van der Waals surface area contributed by atoms with Crippen molar-refractivity contribution in [3.63, 3.8) is 0 Å². The fourth-order valence-corrected chi connectivity index (χ4v) is 3.73. The number of benzene rings is 2. The van der Waals surface area contributed by atoms with Crippen molar-refractivity contribution in [2.24, 2.45) is 5.92 Å². The Balaban J connectivity index is 1.55. The Labute approximate surface area is 168 Å². The third-order valence-electron chi connectivity index (χ3n) is 5.26. The number of fused-ring (bicyclic) bond motifs is 2. The molecule has 0 bridgehead atoms. The fraction of sp³-hybridized carbons (Fsp3) is 0.261. The minimum Gasteiger partial charge on any atom is -0.354 e. The van der Waals surface area contributed by atoms with E-state index in [4.69, 9.17) is 0 Å².